The van der Waals surface area contributed by atoms with Crippen LogP contribution in [0.2, 0.25) is 0 Å². The smallest absolute Gasteiger partial charge is 0.410 e. The molecule has 0 spiro atoms. The number of nitrogens with two attached hydrogens (primary N) is 5. The highest BCUT2D eigenvalue weighted by Gasteiger charge is 2.21. The van der Waals surface area contributed by atoms with Crippen LogP contribution in [0.3, 0.4) is 0 Å². The standard InChI is InChI=1S/C20H43N7O5/c21-9-3-1-7-16(24)14-32-20(30)27(12-6-5-11-23)13-18(28)26-17(8-2-4-10-22)15-31-19(25)29/h16-17H,1-15,21-24H2,(H2,25,29)(H,26,28). The summed E-state index contributed by atoms with van der Waals surface area (Å²) >= 11 is 0. The Bertz CT molecular complexity index is 525. The van der Waals surface area contributed by atoms with E-state index in [1.165, 1.54) is 4.90 Å². The molecule has 2 unspecified atom stereocenters. The summed E-state index contributed by atoms with van der Waals surface area (Å²) in [5.41, 5.74) is 27.5. The number of nitrogens with zero attached hydrogens (tertiary/aromatic N) is 1. The number of hydrogen-bond donors (Lipinski definition) is 6. The first-order chi connectivity index (χ1) is 15.3. The van der Waals surface area contributed by atoms with Crippen molar-refractivity contribution in [3.63, 3.8) is 0 Å². The summed E-state index contributed by atoms with van der Waals surface area (Å²) in [6, 6.07) is -0.720. The number of primary amides is 1. The van der Waals surface area contributed by atoms with Gasteiger partial charge < -0.3 is 43.5 Å². The third-order valence-corrected chi connectivity index (χ3v) is 4.72. The summed E-state index contributed by atoms with van der Waals surface area (Å²) in [4.78, 5) is 37.3. The highest BCUT2D eigenvalue weighted by molar-refractivity contribution is 5.82. The van der Waals surface area contributed by atoms with Gasteiger partial charge in [0.15, 0.2) is 0 Å². The Morgan fingerprint density at radius 2 is 1.41 bits per heavy atom. The summed E-state index contributed by atoms with van der Waals surface area (Å²) in [5.74, 6) is -0.396. The van der Waals surface area contributed by atoms with Crippen molar-refractivity contribution in [2.24, 2.45) is 28.7 Å². The normalized spacial score (nSPS) is 12.6. The van der Waals surface area contributed by atoms with Gasteiger partial charge in [-0.25, -0.2) is 9.59 Å². The molecular weight excluding hydrogens is 418 g/mol. The van der Waals surface area contributed by atoms with E-state index in [0.29, 0.717) is 51.9 Å². The van der Waals surface area contributed by atoms with Crippen LogP contribution in [0.25, 0.3) is 0 Å². The maximum atomic E-state index is 12.6. The summed E-state index contributed by atoms with van der Waals surface area (Å²) < 4.78 is 10.1. The second kappa shape index (κ2) is 19.5. The molecule has 188 valence electrons. The van der Waals surface area contributed by atoms with Crippen molar-refractivity contribution in [2.75, 3.05) is 45.9 Å². The number of rotatable bonds is 19. The van der Waals surface area contributed by atoms with Crippen LogP contribution in [-0.4, -0.2) is 81.0 Å². The van der Waals surface area contributed by atoms with Crippen molar-refractivity contribution in [3.8, 4) is 0 Å². The van der Waals surface area contributed by atoms with Gasteiger partial charge in [-0.2, -0.15) is 0 Å². The molecule has 0 aromatic rings. The second-order valence-corrected chi connectivity index (χ2v) is 7.72. The Kier molecular flexibility index (Phi) is 18.2. The first kappa shape index (κ1) is 29.9. The molecule has 0 aliphatic heterocycles. The van der Waals surface area contributed by atoms with Crippen LogP contribution in [0.5, 0.6) is 0 Å². The third-order valence-electron chi connectivity index (χ3n) is 4.72. The molecule has 0 aromatic carbocycles. The number of carbonyl (C=O) groups is 3. The van der Waals surface area contributed by atoms with E-state index >= 15 is 0 Å². The molecule has 0 fully saturated rings. The van der Waals surface area contributed by atoms with Crippen LogP contribution in [0.15, 0.2) is 0 Å². The number of hydrogen-bond acceptors (Lipinski definition) is 9. The van der Waals surface area contributed by atoms with Crippen LogP contribution in [0.1, 0.15) is 51.4 Å². The predicted octanol–water partition coefficient (Wildman–Crippen LogP) is -0.671. The molecule has 0 rings (SSSR count). The lowest BCUT2D eigenvalue weighted by Crippen LogP contribution is -2.47. The SMILES string of the molecule is NCCCCC(N)COC(=O)N(CCCCN)CC(=O)NC(CCCCN)COC(N)=O. The quantitative estimate of drug-likeness (QED) is 0.134. The average Bonchev–Trinajstić information content (AvgIpc) is 2.75. The van der Waals surface area contributed by atoms with E-state index in [-0.39, 0.29) is 25.8 Å². The zero-order chi connectivity index (χ0) is 24.2. The largest absolute Gasteiger partial charge is 0.448 e. The molecule has 12 heteroatoms. The van der Waals surface area contributed by atoms with Crippen molar-refractivity contribution in [1.29, 1.82) is 0 Å². The van der Waals surface area contributed by atoms with E-state index in [0.717, 1.165) is 25.7 Å². The molecule has 0 aliphatic carbocycles. The van der Waals surface area contributed by atoms with Gasteiger partial charge in [-0.15, -0.1) is 0 Å². The van der Waals surface area contributed by atoms with Gasteiger partial charge in [-0.3, -0.25) is 9.69 Å². The van der Waals surface area contributed by atoms with Crippen molar-refractivity contribution in [3.05, 3.63) is 0 Å². The van der Waals surface area contributed by atoms with E-state index in [1.54, 1.807) is 0 Å². The molecule has 2 atom stereocenters. The maximum absolute atomic E-state index is 12.6. The first-order valence-electron chi connectivity index (χ1n) is 11.3. The van der Waals surface area contributed by atoms with Crippen molar-refractivity contribution in [2.45, 2.75) is 63.5 Å². The van der Waals surface area contributed by atoms with E-state index in [2.05, 4.69) is 5.32 Å². The predicted molar refractivity (Wildman–Crippen MR) is 122 cm³/mol. The Morgan fingerprint density at radius 3 is 2.00 bits per heavy atom. The number of ether oxygens (including phenoxy) is 2. The van der Waals surface area contributed by atoms with Gasteiger partial charge in [0.2, 0.25) is 5.91 Å². The van der Waals surface area contributed by atoms with E-state index in [4.69, 9.17) is 38.1 Å². The molecule has 0 saturated carbocycles. The number of unbranched alkanes of at least 4 members (excludes halogenated alkanes) is 3. The van der Waals surface area contributed by atoms with Crippen molar-refractivity contribution < 1.29 is 23.9 Å². The monoisotopic (exact) mass is 461 g/mol. The summed E-state index contributed by atoms with van der Waals surface area (Å²) in [6.07, 6.45) is 4.30. The molecular formula is C20H43N7O5. The Balaban J connectivity index is 4.79. The summed E-state index contributed by atoms with van der Waals surface area (Å²) in [7, 11) is 0. The molecule has 0 aliphatic rings. The van der Waals surface area contributed by atoms with E-state index < -0.39 is 24.1 Å². The summed E-state index contributed by atoms with van der Waals surface area (Å²) in [5, 5.41) is 2.78. The third kappa shape index (κ3) is 16.5. The lowest BCUT2D eigenvalue weighted by Gasteiger charge is -2.24. The highest BCUT2D eigenvalue weighted by Crippen LogP contribution is 2.05. The van der Waals surface area contributed by atoms with Gasteiger partial charge in [0.1, 0.15) is 19.8 Å². The molecule has 11 N–H and O–H groups in total. The van der Waals surface area contributed by atoms with Gasteiger partial charge in [0, 0.05) is 12.6 Å². The van der Waals surface area contributed by atoms with Gasteiger partial charge in [-0.1, -0.05) is 12.8 Å². The van der Waals surface area contributed by atoms with Gasteiger partial charge in [-0.05, 0) is 58.2 Å². The number of nitrogens with one attached hydrogen (secondary N) is 1. The molecule has 3 amide bonds. The van der Waals surface area contributed by atoms with Crippen molar-refractivity contribution in [1.82, 2.24) is 10.2 Å². The minimum atomic E-state index is -0.919. The van der Waals surface area contributed by atoms with Gasteiger partial charge in [0.25, 0.3) is 0 Å². The molecule has 0 aromatic heterocycles. The minimum absolute atomic E-state index is 0.0546. The zero-order valence-corrected chi connectivity index (χ0v) is 19.1. The molecule has 0 radical (unpaired) electrons. The molecule has 0 saturated heterocycles. The zero-order valence-electron chi connectivity index (χ0n) is 19.1. The second-order valence-electron chi connectivity index (χ2n) is 7.72. The summed E-state index contributed by atoms with van der Waals surface area (Å²) in [6.45, 7) is 1.72. The highest BCUT2D eigenvalue weighted by atomic mass is 16.6. The van der Waals surface area contributed by atoms with Crippen LogP contribution in [-0.2, 0) is 14.3 Å². The fourth-order valence-corrected chi connectivity index (χ4v) is 2.95. The van der Waals surface area contributed by atoms with E-state index in [1.807, 2.05) is 0 Å². The van der Waals surface area contributed by atoms with Crippen LogP contribution in [0, 0.1) is 0 Å². The number of amides is 3. The fourth-order valence-electron chi connectivity index (χ4n) is 2.95. The average molecular weight is 462 g/mol. The Labute approximate surface area is 190 Å². The van der Waals surface area contributed by atoms with Gasteiger partial charge in [0.05, 0.1) is 6.04 Å². The van der Waals surface area contributed by atoms with Crippen LogP contribution >= 0.6 is 0 Å². The van der Waals surface area contributed by atoms with Crippen LogP contribution < -0.4 is 34.0 Å². The molecule has 0 heterocycles. The van der Waals surface area contributed by atoms with Gasteiger partial charge >= 0.3 is 12.2 Å². The van der Waals surface area contributed by atoms with Crippen LogP contribution in [0.4, 0.5) is 9.59 Å². The lowest BCUT2D eigenvalue weighted by molar-refractivity contribution is -0.123. The molecule has 32 heavy (non-hydrogen) atoms. The first-order valence-corrected chi connectivity index (χ1v) is 11.3. The molecule has 12 nitrogen and oxygen atoms in total. The van der Waals surface area contributed by atoms with Crippen molar-refractivity contribution >= 4 is 18.1 Å². The molecule has 0 bridgehead atoms. The topological polar surface area (TPSA) is 215 Å². The minimum Gasteiger partial charge on any atom is -0.448 e. The number of carbonyl (C=O) groups excluding carboxylic acids is 3. The fraction of sp³-hybridized carbons (Fsp3) is 0.850. The Hall–Kier alpha value is -2.15. The Morgan fingerprint density at radius 1 is 0.812 bits per heavy atom. The lowest BCUT2D eigenvalue weighted by atomic mass is 10.1. The maximum Gasteiger partial charge on any atom is 0.410 e. The van der Waals surface area contributed by atoms with E-state index in [9.17, 15) is 14.4 Å².